The molecule has 0 aliphatic heterocycles. The van der Waals surface area contributed by atoms with Crippen LogP contribution in [0.3, 0.4) is 0 Å². The van der Waals surface area contributed by atoms with Gasteiger partial charge in [0.1, 0.15) is 0 Å². The van der Waals surface area contributed by atoms with E-state index in [4.69, 9.17) is 0 Å². The van der Waals surface area contributed by atoms with Gasteiger partial charge in [0, 0.05) is 18.6 Å². The normalized spacial score (nSPS) is 10.2. The molecule has 3 aromatic heterocycles. The van der Waals surface area contributed by atoms with Gasteiger partial charge >= 0.3 is 20.1 Å². The van der Waals surface area contributed by atoms with Crippen molar-refractivity contribution in [1.82, 2.24) is 15.0 Å². The van der Waals surface area contributed by atoms with E-state index in [2.05, 4.69) is 156 Å². The van der Waals surface area contributed by atoms with Crippen LogP contribution in [0, 0.1) is 18.2 Å². The van der Waals surface area contributed by atoms with E-state index in [0.717, 1.165) is 56.0 Å². The van der Waals surface area contributed by atoms with Gasteiger partial charge in [0.25, 0.3) is 0 Å². The van der Waals surface area contributed by atoms with E-state index in [9.17, 15) is 0 Å². The molecule has 0 unspecified atom stereocenters. The zero-order chi connectivity index (χ0) is 43.8. The van der Waals surface area contributed by atoms with E-state index in [1.165, 1.54) is 33.4 Å². The van der Waals surface area contributed by atoms with Gasteiger partial charge in [-0.3, -0.25) is 0 Å². The van der Waals surface area contributed by atoms with Crippen molar-refractivity contribution in [1.29, 1.82) is 0 Å². The van der Waals surface area contributed by atoms with Gasteiger partial charge in [0.05, 0.1) is 0 Å². The number of benzene rings is 7. The van der Waals surface area contributed by atoms with E-state index in [0.29, 0.717) is 0 Å². The third kappa shape index (κ3) is 12.2. The Bertz CT molecular complexity index is 3040. The Labute approximate surface area is 396 Å². The number of nitrogens with zero attached hydrogens (tertiary/aromatic N) is 3. The van der Waals surface area contributed by atoms with Crippen molar-refractivity contribution in [2.75, 3.05) is 0 Å². The van der Waals surface area contributed by atoms with E-state index >= 15 is 0 Å². The standard InChI is InChI=1S/C31H22N.C19H14N.C11H8N.Ir/c1-2-23-9-5-10-24(19-23)25-11-6-12-26(20-25)27-13-7-14-28(21-27)29-15-8-16-30(22-29)31-17-3-4-18-32-31;1-2-15-7-5-8-16(13-15)17-9-6-10-18(14-17)19-11-3-4-12-20-19;1-2-6-10(7-3-1)11-8-4-5-9-12-11;/h2-15,17-22H,1H2;2-9,11-14H,1H2;1-6,8-9H;/q3*-1;+3. The molecule has 0 fully saturated rings. The minimum Gasteiger partial charge on any atom is -0.305 e. The van der Waals surface area contributed by atoms with Crippen molar-refractivity contribution >= 4 is 12.2 Å². The van der Waals surface area contributed by atoms with Gasteiger partial charge < -0.3 is 15.0 Å². The summed E-state index contributed by atoms with van der Waals surface area (Å²) < 4.78 is 0. The average molecular weight is 1010 g/mol. The van der Waals surface area contributed by atoms with Crippen molar-refractivity contribution in [3.8, 4) is 78.3 Å². The monoisotopic (exact) mass is 1010 g/mol. The van der Waals surface area contributed by atoms with Crippen LogP contribution in [-0.4, -0.2) is 15.0 Å². The Morgan fingerprint density at radius 1 is 0.308 bits per heavy atom. The third-order valence-corrected chi connectivity index (χ3v) is 10.4. The van der Waals surface area contributed by atoms with Crippen LogP contribution in [0.15, 0.2) is 244 Å². The first-order chi connectivity index (χ1) is 31.6. The van der Waals surface area contributed by atoms with Crippen LogP contribution in [0.4, 0.5) is 0 Å². The van der Waals surface area contributed by atoms with E-state index in [1.807, 2.05) is 121 Å². The van der Waals surface area contributed by atoms with Crippen LogP contribution >= 0.6 is 0 Å². The van der Waals surface area contributed by atoms with Crippen molar-refractivity contribution in [2.45, 2.75) is 0 Å². The van der Waals surface area contributed by atoms with Gasteiger partial charge in [-0.25, -0.2) is 0 Å². The quantitative estimate of drug-likeness (QED) is 0.135. The number of hydrogen-bond acceptors (Lipinski definition) is 3. The summed E-state index contributed by atoms with van der Waals surface area (Å²) in [6.45, 7) is 7.70. The molecule has 7 aromatic carbocycles. The first-order valence-electron chi connectivity index (χ1n) is 21.0. The van der Waals surface area contributed by atoms with E-state index in [1.54, 1.807) is 12.4 Å². The summed E-state index contributed by atoms with van der Waals surface area (Å²) in [4.78, 5) is 13.1. The fourth-order valence-corrected chi connectivity index (χ4v) is 7.15. The Kier molecular flexibility index (Phi) is 16.0. The van der Waals surface area contributed by atoms with Gasteiger partial charge in [-0.05, 0) is 104 Å². The molecule has 0 radical (unpaired) electrons. The van der Waals surface area contributed by atoms with Crippen LogP contribution in [0.2, 0.25) is 0 Å². The molecule has 0 saturated heterocycles. The number of hydrogen-bond donors (Lipinski definition) is 0. The average Bonchev–Trinajstić information content (AvgIpc) is 3.40. The van der Waals surface area contributed by atoms with Gasteiger partial charge in [0.2, 0.25) is 0 Å². The van der Waals surface area contributed by atoms with Crippen molar-refractivity contribution in [3.63, 3.8) is 0 Å². The maximum absolute atomic E-state index is 4.46. The molecule has 0 bridgehead atoms. The predicted molar refractivity (Wildman–Crippen MR) is 267 cm³/mol. The van der Waals surface area contributed by atoms with Crippen molar-refractivity contribution in [2.24, 2.45) is 0 Å². The Morgan fingerprint density at radius 3 is 1.03 bits per heavy atom. The SMILES string of the molecule is C=Cc1cccc(-c2cc[c-]c(-c3ccccn3)c2)c1.C=Cc1cccc(-c2cccc(-c3cccc(-c4cc[c-]c(-c5ccccn5)c4)c3)c2)c1.[Ir+3].[c-]1ccccc1-c1ccccn1. The first-order valence-corrected chi connectivity index (χ1v) is 21.0. The molecule has 0 spiro atoms. The van der Waals surface area contributed by atoms with Crippen molar-refractivity contribution in [3.05, 3.63) is 273 Å². The minimum absolute atomic E-state index is 0. The maximum atomic E-state index is 4.46. The van der Waals surface area contributed by atoms with Crippen LogP contribution < -0.4 is 0 Å². The summed E-state index contributed by atoms with van der Waals surface area (Å²) in [7, 11) is 0. The summed E-state index contributed by atoms with van der Waals surface area (Å²) in [6, 6.07) is 81.7. The molecular weight excluding hydrogens is 967 g/mol. The molecule has 10 aromatic rings. The second kappa shape index (κ2) is 23.0. The van der Waals surface area contributed by atoms with Crippen LogP contribution in [0.25, 0.3) is 90.4 Å². The Balaban J connectivity index is 0.000000162. The van der Waals surface area contributed by atoms with Gasteiger partial charge in [-0.2, -0.15) is 0 Å². The molecule has 3 heterocycles. The molecule has 0 amide bonds. The first kappa shape index (κ1) is 45.2. The Morgan fingerprint density at radius 2 is 0.662 bits per heavy atom. The molecule has 0 N–H and O–H groups in total. The fourth-order valence-electron chi connectivity index (χ4n) is 7.15. The fraction of sp³-hybridized carbons (Fsp3) is 0. The molecule has 3 nitrogen and oxygen atoms in total. The number of pyridine rings is 3. The topological polar surface area (TPSA) is 38.7 Å². The molecule has 0 saturated carbocycles. The molecule has 0 aliphatic carbocycles. The molecule has 312 valence electrons. The summed E-state index contributed by atoms with van der Waals surface area (Å²) in [6.07, 6.45) is 9.14. The second-order valence-electron chi connectivity index (χ2n) is 14.7. The second-order valence-corrected chi connectivity index (χ2v) is 14.7. The predicted octanol–water partition coefficient (Wildman–Crippen LogP) is 15.6. The van der Waals surface area contributed by atoms with E-state index < -0.39 is 0 Å². The molecule has 10 rings (SSSR count). The molecule has 0 atom stereocenters. The van der Waals surface area contributed by atoms with Gasteiger partial charge in [-0.1, -0.05) is 135 Å². The van der Waals surface area contributed by atoms with E-state index in [-0.39, 0.29) is 20.1 Å². The summed E-state index contributed by atoms with van der Waals surface area (Å²) in [5.41, 5.74) is 17.6. The zero-order valence-electron chi connectivity index (χ0n) is 35.7. The van der Waals surface area contributed by atoms with Crippen molar-refractivity contribution < 1.29 is 20.1 Å². The summed E-state index contributed by atoms with van der Waals surface area (Å²) in [5.74, 6) is 0. The smallest absolute Gasteiger partial charge is 0.305 e. The van der Waals surface area contributed by atoms with Gasteiger partial charge in [-0.15, -0.1) is 107 Å². The molecular formula is C61H44IrN3. The third-order valence-electron chi connectivity index (χ3n) is 10.4. The minimum atomic E-state index is 0. The van der Waals surface area contributed by atoms with Crippen LogP contribution in [-0.2, 0) is 20.1 Å². The molecule has 4 heteroatoms. The largest absolute Gasteiger partial charge is 3.00 e. The zero-order valence-corrected chi connectivity index (χ0v) is 38.1. The number of rotatable bonds is 9. The molecule has 0 aliphatic rings. The van der Waals surface area contributed by atoms with Crippen LogP contribution in [0.5, 0.6) is 0 Å². The van der Waals surface area contributed by atoms with Gasteiger partial charge in [0.15, 0.2) is 0 Å². The maximum Gasteiger partial charge on any atom is 3.00 e. The summed E-state index contributed by atoms with van der Waals surface area (Å²) >= 11 is 0. The Hall–Kier alpha value is -7.88. The van der Waals surface area contributed by atoms with Crippen LogP contribution in [0.1, 0.15) is 11.1 Å². The summed E-state index contributed by atoms with van der Waals surface area (Å²) in [5, 5.41) is 0. The number of aromatic nitrogens is 3. The molecule has 65 heavy (non-hydrogen) atoms.